The lowest BCUT2D eigenvalue weighted by molar-refractivity contribution is 0.823. The lowest BCUT2D eigenvalue weighted by atomic mass is 10.4. The standard InChI is InChI=1S/C10H11ClN4/c11-8-1-2-9(14-7-8)15-6-5-13-10(15)3-4-12/h1-2,5-7H,3-4,12H2. The van der Waals surface area contributed by atoms with Crippen molar-refractivity contribution in [2.45, 2.75) is 6.42 Å². The molecule has 0 unspecified atom stereocenters. The predicted molar refractivity (Wildman–Crippen MR) is 59.1 cm³/mol. The number of aromatic nitrogens is 3. The fourth-order valence-corrected chi connectivity index (χ4v) is 1.48. The van der Waals surface area contributed by atoms with E-state index in [2.05, 4.69) is 9.97 Å². The summed E-state index contributed by atoms with van der Waals surface area (Å²) in [4.78, 5) is 8.43. The van der Waals surface area contributed by atoms with Crippen molar-refractivity contribution in [1.29, 1.82) is 0 Å². The highest BCUT2D eigenvalue weighted by Crippen LogP contribution is 2.11. The molecule has 15 heavy (non-hydrogen) atoms. The molecule has 78 valence electrons. The number of pyridine rings is 1. The topological polar surface area (TPSA) is 56.7 Å². The molecule has 0 bridgehead atoms. The van der Waals surface area contributed by atoms with Gasteiger partial charge < -0.3 is 5.73 Å². The molecule has 2 aromatic rings. The van der Waals surface area contributed by atoms with Crippen LogP contribution in [0.5, 0.6) is 0 Å². The molecular weight excluding hydrogens is 212 g/mol. The van der Waals surface area contributed by atoms with Gasteiger partial charge in [0.2, 0.25) is 0 Å². The minimum atomic E-state index is 0.574. The molecule has 2 rings (SSSR count). The molecule has 2 aromatic heterocycles. The smallest absolute Gasteiger partial charge is 0.138 e. The van der Waals surface area contributed by atoms with Crippen LogP contribution in [-0.4, -0.2) is 21.1 Å². The van der Waals surface area contributed by atoms with Crippen molar-refractivity contribution in [2.75, 3.05) is 6.54 Å². The van der Waals surface area contributed by atoms with Crippen LogP contribution < -0.4 is 5.73 Å². The van der Waals surface area contributed by atoms with Crippen molar-refractivity contribution in [3.63, 3.8) is 0 Å². The van der Waals surface area contributed by atoms with Gasteiger partial charge in [0.1, 0.15) is 11.6 Å². The molecular formula is C10H11ClN4. The SMILES string of the molecule is NCCc1nccn1-c1ccc(Cl)cn1. The van der Waals surface area contributed by atoms with E-state index in [9.17, 15) is 0 Å². The molecule has 0 saturated heterocycles. The quantitative estimate of drug-likeness (QED) is 0.855. The molecule has 0 aliphatic heterocycles. The maximum Gasteiger partial charge on any atom is 0.138 e. The van der Waals surface area contributed by atoms with Gasteiger partial charge in [-0.15, -0.1) is 0 Å². The van der Waals surface area contributed by atoms with E-state index in [1.165, 1.54) is 0 Å². The van der Waals surface area contributed by atoms with Crippen LogP contribution in [0.1, 0.15) is 5.82 Å². The summed E-state index contributed by atoms with van der Waals surface area (Å²) in [6, 6.07) is 3.65. The average molecular weight is 223 g/mol. The van der Waals surface area contributed by atoms with Crippen molar-refractivity contribution in [3.05, 3.63) is 41.6 Å². The Labute approximate surface area is 92.7 Å². The molecule has 0 atom stereocenters. The third kappa shape index (κ3) is 2.16. The molecule has 0 amide bonds. The van der Waals surface area contributed by atoms with Crippen LogP contribution in [0.25, 0.3) is 5.82 Å². The van der Waals surface area contributed by atoms with Crippen LogP contribution in [0.4, 0.5) is 0 Å². The van der Waals surface area contributed by atoms with Gasteiger partial charge in [0, 0.05) is 25.0 Å². The third-order valence-electron chi connectivity index (χ3n) is 2.04. The number of imidazole rings is 1. The monoisotopic (exact) mass is 222 g/mol. The average Bonchev–Trinajstić information content (AvgIpc) is 2.68. The Balaban J connectivity index is 2.36. The number of rotatable bonds is 3. The summed E-state index contributed by atoms with van der Waals surface area (Å²) in [5.74, 6) is 1.72. The summed E-state index contributed by atoms with van der Waals surface area (Å²) in [6.07, 6.45) is 5.95. The number of nitrogens with two attached hydrogens (primary N) is 1. The normalized spacial score (nSPS) is 10.5. The van der Waals surface area contributed by atoms with Crippen molar-refractivity contribution >= 4 is 11.6 Å². The van der Waals surface area contributed by atoms with Crippen LogP contribution in [0, 0.1) is 0 Å². The predicted octanol–water partition coefficient (Wildman–Crippen LogP) is 1.42. The summed E-state index contributed by atoms with van der Waals surface area (Å²) >= 11 is 5.77. The Bertz CT molecular complexity index is 435. The summed E-state index contributed by atoms with van der Waals surface area (Å²) in [6.45, 7) is 0.574. The second-order valence-corrected chi connectivity index (χ2v) is 3.52. The summed E-state index contributed by atoms with van der Waals surface area (Å²) in [7, 11) is 0. The Morgan fingerprint density at radius 3 is 2.87 bits per heavy atom. The molecule has 0 aromatic carbocycles. The van der Waals surface area contributed by atoms with E-state index >= 15 is 0 Å². The second kappa shape index (κ2) is 4.42. The Kier molecular flexibility index (Phi) is 2.99. The zero-order chi connectivity index (χ0) is 10.7. The van der Waals surface area contributed by atoms with Gasteiger partial charge in [-0.05, 0) is 18.7 Å². The molecule has 4 nitrogen and oxygen atoms in total. The highest BCUT2D eigenvalue weighted by Gasteiger charge is 2.04. The third-order valence-corrected chi connectivity index (χ3v) is 2.27. The molecule has 5 heteroatoms. The summed E-state index contributed by atoms with van der Waals surface area (Å²) < 4.78 is 1.91. The van der Waals surface area contributed by atoms with Gasteiger partial charge >= 0.3 is 0 Å². The van der Waals surface area contributed by atoms with Gasteiger partial charge in [0.25, 0.3) is 0 Å². The molecule has 0 radical (unpaired) electrons. The lowest BCUT2D eigenvalue weighted by Crippen LogP contribution is -2.09. The zero-order valence-electron chi connectivity index (χ0n) is 8.10. The van der Waals surface area contributed by atoms with Crippen LogP contribution in [0.2, 0.25) is 5.02 Å². The molecule has 2 N–H and O–H groups in total. The first-order valence-corrected chi connectivity index (χ1v) is 5.03. The largest absolute Gasteiger partial charge is 0.330 e. The number of hydrogen-bond donors (Lipinski definition) is 1. The summed E-state index contributed by atoms with van der Waals surface area (Å²) in [5.41, 5.74) is 5.50. The molecule has 0 aliphatic carbocycles. The zero-order valence-corrected chi connectivity index (χ0v) is 8.85. The van der Waals surface area contributed by atoms with Crippen molar-refractivity contribution < 1.29 is 0 Å². The van der Waals surface area contributed by atoms with Gasteiger partial charge in [-0.25, -0.2) is 9.97 Å². The highest BCUT2D eigenvalue weighted by atomic mass is 35.5. The van der Waals surface area contributed by atoms with Crippen molar-refractivity contribution in [2.24, 2.45) is 5.73 Å². The molecule has 2 heterocycles. The van der Waals surface area contributed by atoms with Crippen molar-refractivity contribution in [3.8, 4) is 5.82 Å². The number of halogens is 1. The van der Waals surface area contributed by atoms with E-state index in [-0.39, 0.29) is 0 Å². The van der Waals surface area contributed by atoms with Gasteiger partial charge in [-0.3, -0.25) is 4.57 Å². The molecule has 0 fully saturated rings. The van der Waals surface area contributed by atoms with Crippen LogP contribution in [0.3, 0.4) is 0 Å². The first-order valence-electron chi connectivity index (χ1n) is 4.65. The van der Waals surface area contributed by atoms with Crippen molar-refractivity contribution in [1.82, 2.24) is 14.5 Å². The van der Waals surface area contributed by atoms with Gasteiger partial charge in [0.05, 0.1) is 5.02 Å². The van der Waals surface area contributed by atoms with Crippen LogP contribution in [0.15, 0.2) is 30.7 Å². The molecule has 0 saturated carbocycles. The molecule has 0 aliphatic rings. The highest BCUT2D eigenvalue weighted by molar-refractivity contribution is 6.30. The Morgan fingerprint density at radius 2 is 2.20 bits per heavy atom. The van der Waals surface area contributed by atoms with Gasteiger partial charge in [-0.2, -0.15) is 0 Å². The first-order chi connectivity index (χ1) is 7.31. The van der Waals surface area contributed by atoms with Crippen LogP contribution >= 0.6 is 11.6 Å². The van der Waals surface area contributed by atoms with E-state index in [1.807, 2.05) is 16.8 Å². The maximum atomic E-state index is 5.77. The fraction of sp³-hybridized carbons (Fsp3) is 0.200. The number of nitrogens with zero attached hydrogens (tertiary/aromatic N) is 3. The maximum absolute atomic E-state index is 5.77. The van der Waals surface area contributed by atoms with E-state index in [4.69, 9.17) is 17.3 Å². The van der Waals surface area contributed by atoms with Crippen LogP contribution in [-0.2, 0) is 6.42 Å². The molecule has 0 spiro atoms. The minimum absolute atomic E-state index is 0.574. The lowest BCUT2D eigenvalue weighted by Gasteiger charge is -2.05. The fourth-order valence-electron chi connectivity index (χ4n) is 1.37. The Morgan fingerprint density at radius 1 is 1.33 bits per heavy atom. The Hall–Kier alpha value is -1.39. The summed E-state index contributed by atoms with van der Waals surface area (Å²) in [5, 5.41) is 0.624. The van der Waals surface area contributed by atoms with E-state index in [0.717, 1.165) is 18.1 Å². The number of hydrogen-bond acceptors (Lipinski definition) is 3. The first kappa shape index (κ1) is 10.1. The van der Waals surface area contributed by atoms with E-state index < -0.39 is 0 Å². The second-order valence-electron chi connectivity index (χ2n) is 3.09. The van der Waals surface area contributed by atoms with Gasteiger partial charge in [-0.1, -0.05) is 11.6 Å². The van der Waals surface area contributed by atoms with E-state index in [0.29, 0.717) is 11.6 Å². The minimum Gasteiger partial charge on any atom is -0.330 e. The van der Waals surface area contributed by atoms with E-state index in [1.54, 1.807) is 18.5 Å². The van der Waals surface area contributed by atoms with Gasteiger partial charge in [0.15, 0.2) is 0 Å².